The lowest BCUT2D eigenvalue weighted by Gasteiger charge is -2.49. The normalized spacial score (nSPS) is 23.1. The number of nitrogens with one attached hydrogen (secondary N) is 1. The Hall–Kier alpha value is -3.85. The molecule has 0 radical (unpaired) electrons. The highest BCUT2D eigenvalue weighted by atomic mass is 32.2. The molecular formula is C21H22N8O5S2. The Balaban J connectivity index is 1.32. The minimum absolute atomic E-state index is 0.0600. The Morgan fingerprint density at radius 2 is 2.19 bits per heavy atom. The van der Waals surface area contributed by atoms with E-state index in [2.05, 4.69) is 20.6 Å². The number of carboxylic acids is 1. The van der Waals surface area contributed by atoms with E-state index in [9.17, 15) is 19.5 Å². The summed E-state index contributed by atoms with van der Waals surface area (Å²) in [6.45, 7) is 2.24. The maximum atomic E-state index is 13.0. The average Bonchev–Trinajstić information content (AvgIpc) is 3.45. The molecule has 4 aliphatic heterocycles. The van der Waals surface area contributed by atoms with Crippen LogP contribution in [0.2, 0.25) is 0 Å². The third-order valence-corrected chi connectivity index (χ3v) is 7.85. The summed E-state index contributed by atoms with van der Waals surface area (Å²) in [7, 11) is 1.29. The van der Waals surface area contributed by atoms with Crippen molar-refractivity contribution < 1.29 is 24.3 Å². The van der Waals surface area contributed by atoms with Crippen LogP contribution < -0.4 is 11.1 Å². The van der Waals surface area contributed by atoms with E-state index in [0.717, 1.165) is 22.9 Å². The second-order valence-electron chi connectivity index (χ2n) is 8.18. The van der Waals surface area contributed by atoms with Gasteiger partial charge in [-0.3, -0.25) is 14.5 Å². The molecule has 188 valence electrons. The molecule has 0 bridgehead atoms. The first-order chi connectivity index (χ1) is 17.3. The van der Waals surface area contributed by atoms with E-state index in [-0.39, 0.29) is 22.2 Å². The highest BCUT2D eigenvalue weighted by molar-refractivity contribution is 8.00. The maximum Gasteiger partial charge on any atom is 0.352 e. The number of nitrogen functional groups attached to an aromatic ring is 1. The molecule has 5 rings (SSSR count). The number of anilines is 1. The number of thiazole rings is 1. The molecule has 1 aromatic heterocycles. The fraction of sp³-hybridized carbons (Fsp3) is 0.333. The van der Waals surface area contributed by atoms with Gasteiger partial charge in [-0.25, -0.2) is 14.8 Å². The number of nitrogens with two attached hydrogens (primary N) is 1. The number of carbonyl (C=O) groups excluding carboxylic acids is 2. The zero-order chi connectivity index (χ0) is 25.6. The Bertz CT molecular complexity index is 1300. The zero-order valence-electron chi connectivity index (χ0n) is 19.2. The van der Waals surface area contributed by atoms with Crippen LogP contribution in [0.1, 0.15) is 19.0 Å². The van der Waals surface area contributed by atoms with Crippen molar-refractivity contribution in [2.75, 3.05) is 25.1 Å². The van der Waals surface area contributed by atoms with Crippen LogP contribution in [-0.4, -0.2) is 84.9 Å². The van der Waals surface area contributed by atoms with Crippen LogP contribution in [-0.2, 0) is 19.2 Å². The number of oxime groups is 1. The maximum absolute atomic E-state index is 13.0. The van der Waals surface area contributed by atoms with Gasteiger partial charge in [0.05, 0.1) is 0 Å². The molecule has 15 heteroatoms. The lowest BCUT2D eigenvalue weighted by molar-refractivity contribution is -0.150. The predicted molar refractivity (Wildman–Crippen MR) is 133 cm³/mol. The molecule has 0 unspecified atom stereocenters. The van der Waals surface area contributed by atoms with E-state index in [4.69, 9.17) is 10.6 Å². The largest absolute Gasteiger partial charge is 0.477 e. The van der Waals surface area contributed by atoms with E-state index >= 15 is 0 Å². The second kappa shape index (κ2) is 9.31. The van der Waals surface area contributed by atoms with Crippen molar-refractivity contribution in [2.24, 2.45) is 10.3 Å². The molecule has 2 amide bonds. The summed E-state index contributed by atoms with van der Waals surface area (Å²) in [6.07, 6.45) is 6.38. The first-order valence-electron chi connectivity index (χ1n) is 10.8. The van der Waals surface area contributed by atoms with Gasteiger partial charge in [0.25, 0.3) is 11.8 Å². The number of hydrogen-bond donors (Lipinski definition) is 3. The molecule has 0 spiro atoms. The first-order valence-corrected chi connectivity index (χ1v) is 12.7. The van der Waals surface area contributed by atoms with Crippen molar-refractivity contribution >= 4 is 57.4 Å². The van der Waals surface area contributed by atoms with Crippen LogP contribution in [0, 0.1) is 0 Å². The van der Waals surface area contributed by atoms with E-state index in [1.54, 1.807) is 10.4 Å². The van der Waals surface area contributed by atoms with E-state index < -0.39 is 29.2 Å². The number of aliphatic carboxylic acids is 1. The zero-order valence-corrected chi connectivity index (χ0v) is 20.9. The third-order valence-electron chi connectivity index (χ3n) is 5.84. The van der Waals surface area contributed by atoms with Crippen LogP contribution in [0.4, 0.5) is 5.13 Å². The Morgan fingerprint density at radius 3 is 2.89 bits per heavy atom. The van der Waals surface area contributed by atoms with Crippen molar-refractivity contribution in [3.8, 4) is 0 Å². The predicted octanol–water partition coefficient (Wildman–Crippen LogP) is 0.524. The number of hydrogen-bond acceptors (Lipinski definition) is 12. The standard InChI is InChI=1S/C21H22N8O5S2/c1-10-3-4-13-27(5-6-28(13)25-10)7-11-8-35-19-15(18(31)29(19)16(11)20(32)33)24-17(30)14(26-34-2)12-9-36-21(22)23-12/h4-6,9,15,19H,3,7-8H2,1-2H3,(H2,22,23)(H,24,30)(H,32,33)/t15-,19+/m1/s1. The summed E-state index contributed by atoms with van der Waals surface area (Å²) >= 11 is 2.52. The molecule has 4 aliphatic rings. The van der Waals surface area contributed by atoms with Gasteiger partial charge in [-0.05, 0) is 18.6 Å². The van der Waals surface area contributed by atoms with Gasteiger partial charge in [-0.1, -0.05) is 5.16 Å². The summed E-state index contributed by atoms with van der Waals surface area (Å²) < 4.78 is 0. The molecule has 1 saturated heterocycles. The molecule has 0 aliphatic carbocycles. The summed E-state index contributed by atoms with van der Waals surface area (Å²) in [5, 5.41) is 23.8. The molecule has 5 heterocycles. The Kier molecular flexibility index (Phi) is 6.17. The van der Waals surface area contributed by atoms with Crippen molar-refractivity contribution in [1.29, 1.82) is 0 Å². The molecule has 4 N–H and O–H groups in total. The van der Waals surface area contributed by atoms with Gasteiger partial charge in [0.2, 0.25) is 0 Å². The first kappa shape index (κ1) is 23.9. The third kappa shape index (κ3) is 4.09. The fourth-order valence-electron chi connectivity index (χ4n) is 4.23. The lowest BCUT2D eigenvalue weighted by atomic mass is 10.0. The fourth-order valence-corrected chi connectivity index (χ4v) is 6.12. The van der Waals surface area contributed by atoms with Gasteiger partial charge >= 0.3 is 5.97 Å². The van der Waals surface area contributed by atoms with Gasteiger partial charge in [-0.15, -0.1) is 23.1 Å². The van der Waals surface area contributed by atoms with Crippen molar-refractivity contribution in [3.05, 3.63) is 46.6 Å². The lowest BCUT2D eigenvalue weighted by Crippen LogP contribution is -2.71. The summed E-state index contributed by atoms with van der Waals surface area (Å²) in [6, 6.07) is -0.919. The SMILES string of the molecule is CON=C(C(=O)N[C@@H]1C(=O)N2C(C(=O)O)=C(CN3C=CN4N=C(C)CC=C34)CS[C@@H]12)c1csc(N)n1. The minimum Gasteiger partial charge on any atom is -0.477 e. The van der Waals surface area contributed by atoms with Crippen LogP contribution in [0.15, 0.2) is 51.2 Å². The van der Waals surface area contributed by atoms with E-state index in [0.29, 0.717) is 24.3 Å². The molecule has 1 fully saturated rings. The van der Waals surface area contributed by atoms with Gasteiger partial charge in [0.1, 0.15) is 35.7 Å². The Morgan fingerprint density at radius 1 is 1.39 bits per heavy atom. The van der Waals surface area contributed by atoms with Crippen LogP contribution in [0.25, 0.3) is 0 Å². The van der Waals surface area contributed by atoms with Gasteiger partial charge in [0.15, 0.2) is 10.8 Å². The van der Waals surface area contributed by atoms with Crippen LogP contribution in [0.5, 0.6) is 0 Å². The van der Waals surface area contributed by atoms with E-state index in [1.165, 1.54) is 23.8 Å². The smallest absolute Gasteiger partial charge is 0.352 e. The number of rotatable bonds is 7. The van der Waals surface area contributed by atoms with Crippen molar-refractivity contribution in [1.82, 2.24) is 25.1 Å². The number of aromatic nitrogens is 1. The van der Waals surface area contributed by atoms with Gasteiger partial charge in [0, 0.05) is 42.2 Å². The van der Waals surface area contributed by atoms with Crippen molar-refractivity contribution in [2.45, 2.75) is 24.8 Å². The average molecular weight is 531 g/mol. The number of carbonyl (C=O) groups is 3. The highest BCUT2D eigenvalue weighted by Gasteiger charge is 2.54. The van der Waals surface area contributed by atoms with Gasteiger partial charge in [-0.2, -0.15) is 5.10 Å². The monoisotopic (exact) mass is 530 g/mol. The van der Waals surface area contributed by atoms with Gasteiger partial charge < -0.3 is 25.9 Å². The molecule has 13 nitrogen and oxygen atoms in total. The highest BCUT2D eigenvalue weighted by Crippen LogP contribution is 2.41. The topological polar surface area (TPSA) is 166 Å². The molecule has 2 atom stereocenters. The molecule has 0 saturated carbocycles. The number of fused-ring (bicyclic) bond motifs is 2. The number of β-lactam (4-membered cyclic amide) rings is 1. The molecular weight excluding hydrogens is 508 g/mol. The number of amides is 2. The molecule has 1 aromatic rings. The number of carboxylic acid groups (broad SMARTS) is 1. The number of hydrazone groups is 1. The number of thioether (sulfide) groups is 1. The summed E-state index contributed by atoms with van der Waals surface area (Å²) in [5.41, 5.74) is 7.25. The summed E-state index contributed by atoms with van der Waals surface area (Å²) in [5.74, 6) is -1.16. The van der Waals surface area contributed by atoms with Crippen LogP contribution >= 0.6 is 23.1 Å². The second-order valence-corrected chi connectivity index (χ2v) is 10.2. The number of allylic oxidation sites excluding steroid dienone is 1. The molecule has 0 aromatic carbocycles. The van der Waals surface area contributed by atoms with E-state index in [1.807, 2.05) is 30.3 Å². The van der Waals surface area contributed by atoms with Crippen molar-refractivity contribution in [3.63, 3.8) is 0 Å². The Labute approximate surface area is 213 Å². The molecule has 36 heavy (non-hydrogen) atoms. The minimum atomic E-state index is -1.19. The summed E-state index contributed by atoms with van der Waals surface area (Å²) in [4.78, 5) is 50.1. The number of nitrogens with zero attached hydrogens (tertiary/aromatic N) is 6. The quantitative estimate of drug-likeness (QED) is 0.257. The van der Waals surface area contributed by atoms with Crippen LogP contribution in [0.3, 0.4) is 0 Å².